The van der Waals surface area contributed by atoms with E-state index < -0.39 is 16.1 Å². The van der Waals surface area contributed by atoms with Crippen LogP contribution in [0, 0.1) is 0 Å². The first-order valence-electron chi connectivity index (χ1n) is 12.3. The number of carbonyl (C=O) groups excluding carboxylic acids is 2. The van der Waals surface area contributed by atoms with E-state index in [1.54, 1.807) is 24.3 Å². The van der Waals surface area contributed by atoms with Crippen LogP contribution in [0.4, 0.5) is 0 Å². The van der Waals surface area contributed by atoms with Crippen LogP contribution >= 0.6 is 11.6 Å². The van der Waals surface area contributed by atoms with Crippen LogP contribution < -0.4 is 10.6 Å². The number of hydrogen-bond donors (Lipinski definition) is 2. The van der Waals surface area contributed by atoms with E-state index in [4.69, 9.17) is 11.6 Å². The molecule has 2 N–H and O–H groups in total. The summed E-state index contributed by atoms with van der Waals surface area (Å²) >= 11 is 5.97. The SMILES string of the molecule is CC(NC(=O)c1ccc(CN([C@@H]2CCCCNC2=O)S(=O)(=O)c2ccc(Cl)cc2)cc1)c1ccccc1. The lowest BCUT2D eigenvalue weighted by atomic mass is 10.1. The van der Waals surface area contributed by atoms with Gasteiger partial charge in [0.05, 0.1) is 10.9 Å². The van der Waals surface area contributed by atoms with Crippen LogP contribution in [0.1, 0.15) is 53.7 Å². The fourth-order valence-electron chi connectivity index (χ4n) is 4.35. The molecular formula is C28H30ClN3O4S. The third kappa shape index (κ3) is 6.57. The highest BCUT2D eigenvalue weighted by atomic mass is 35.5. The molecule has 0 bridgehead atoms. The summed E-state index contributed by atoms with van der Waals surface area (Å²) in [6.45, 7) is 2.43. The van der Waals surface area contributed by atoms with E-state index in [1.165, 1.54) is 28.6 Å². The third-order valence-corrected chi connectivity index (χ3v) is 8.60. The summed E-state index contributed by atoms with van der Waals surface area (Å²) in [7, 11) is -4.00. The minimum atomic E-state index is -4.00. The van der Waals surface area contributed by atoms with Gasteiger partial charge < -0.3 is 10.6 Å². The summed E-state index contributed by atoms with van der Waals surface area (Å²) in [4.78, 5) is 25.7. The van der Waals surface area contributed by atoms with Gasteiger partial charge in [-0.25, -0.2) is 8.42 Å². The standard InChI is InChI=1S/C28H30ClN3O4S/c1-20(22-7-3-2-4-8-22)31-27(33)23-12-10-21(11-13-23)19-32(26-9-5-6-18-30-28(26)34)37(35,36)25-16-14-24(29)15-17-25/h2-4,7-8,10-17,20,26H,5-6,9,18-19H2,1H3,(H,30,34)(H,31,33)/t20?,26-/m1/s1. The van der Waals surface area contributed by atoms with Crippen LogP contribution in [-0.2, 0) is 21.4 Å². The number of benzene rings is 3. The lowest BCUT2D eigenvalue weighted by Crippen LogP contribution is -2.48. The molecule has 7 nitrogen and oxygen atoms in total. The van der Waals surface area contributed by atoms with Gasteiger partial charge in [0, 0.05) is 23.7 Å². The van der Waals surface area contributed by atoms with Crippen molar-refractivity contribution in [3.05, 3.63) is 101 Å². The molecule has 0 aromatic heterocycles. The molecule has 0 radical (unpaired) electrons. The Morgan fingerprint density at radius 2 is 1.70 bits per heavy atom. The Bertz CT molecular complexity index is 1330. The summed E-state index contributed by atoms with van der Waals surface area (Å²) in [5, 5.41) is 6.23. The Labute approximate surface area is 222 Å². The minimum Gasteiger partial charge on any atom is -0.355 e. The fourth-order valence-corrected chi connectivity index (χ4v) is 6.08. The van der Waals surface area contributed by atoms with Crippen LogP contribution in [0.2, 0.25) is 5.02 Å². The summed E-state index contributed by atoms with van der Waals surface area (Å²) in [6.07, 6.45) is 1.95. The zero-order valence-electron chi connectivity index (χ0n) is 20.6. The van der Waals surface area contributed by atoms with Gasteiger partial charge in [0.15, 0.2) is 0 Å². The van der Waals surface area contributed by atoms with Gasteiger partial charge in [0.1, 0.15) is 6.04 Å². The average Bonchev–Trinajstić information content (AvgIpc) is 3.12. The predicted molar refractivity (Wildman–Crippen MR) is 144 cm³/mol. The second kappa shape index (κ2) is 11.9. The van der Waals surface area contributed by atoms with Gasteiger partial charge >= 0.3 is 0 Å². The third-order valence-electron chi connectivity index (χ3n) is 6.48. The largest absolute Gasteiger partial charge is 0.355 e. The van der Waals surface area contributed by atoms with Gasteiger partial charge in [-0.3, -0.25) is 9.59 Å². The highest BCUT2D eigenvalue weighted by Crippen LogP contribution is 2.26. The predicted octanol–water partition coefficient (Wildman–Crippen LogP) is 4.69. The van der Waals surface area contributed by atoms with Gasteiger partial charge in [0.25, 0.3) is 5.91 Å². The van der Waals surface area contributed by atoms with Crippen molar-refractivity contribution in [3.63, 3.8) is 0 Å². The Hall–Kier alpha value is -3.20. The summed E-state index contributed by atoms with van der Waals surface area (Å²) < 4.78 is 28.6. The van der Waals surface area contributed by atoms with Gasteiger partial charge in [-0.05, 0) is 73.7 Å². The molecule has 0 saturated carbocycles. The molecule has 0 aliphatic carbocycles. The zero-order chi connectivity index (χ0) is 26.4. The maximum atomic E-state index is 13.7. The lowest BCUT2D eigenvalue weighted by molar-refractivity contribution is -0.124. The second-order valence-corrected chi connectivity index (χ2v) is 11.4. The molecule has 1 aliphatic heterocycles. The first kappa shape index (κ1) is 26.9. The van der Waals surface area contributed by atoms with E-state index in [0.29, 0.717) is 29.1 Å². The molecule has 3 aromatic carbocycles. The number of halogens is 1. The lowest BCUT2D eigenvalue weighted by Gasteiger charge is -2.29. The minimum absolute atomic E-state index is 0.00857. The molecule has 0 spiro atoms. The molecule has 1 aliphatic rings. The molecule has 3 aromatic rings. The van der Waals surface area contributed by atoms with Crippen molar-refractivity contribution < 1.29 is 18.0 Å². The zero-order valence-corrected chi connectivity index (χ0v) is 22.1. The Morgan fingerprint density at radius 1 is 1.03 bits per heavy atom. The van der Waals surface area contributed by atoms with Crippen molar-refractivity contribution in [2.24, 2.45) is 0 Å². The van der Waals surface area contributed by atoms with Crippen LogP contribution in [-0.4, -0.2) is 37.1 Å². The molecule has 1 heterocycles. The van der Waals surface area contributed by atoms with Gasteiger partial charge in [-0.15, -0.1) is 0 Å². The molecule has 1 saturated heterocycles. The van der Waals surface area contributed by atoms with E-state index in [0.717, 1.165) is 18.4 Å². The van der Waals surface area contributed by atoms with E-state index in [-0.39, 0.29) is 29.3 Å². The molecule has 9 heteroatoms. The van der Waals surface area contributed by atoms with E-state index in [9.17, 15) is 18.0 Å². The number of sulfonamides is 1. The number of nitrogens with zero attached hydrogens (tertiary/aromatic N) is 1. The van der Waals surface area contributed by atoms with Crippen molar-refractivity contribution in [2.45, 2.75) is 49.7 Å². The highest BCUT2D eigenvalue weighted by Gasteiger charge is 2.36. The number of rotatable bonds is 8. The molecular weight excluding hydrogens is 510 g/mol. The first-order chi connectivity index (χ1) is 17.8. The number of amides is 2. The van der Waals surface area contributed by atoms with Crippen LogP contribution in [0.15, 0.2) is 83.8 Å². The molecule has 4 rings (SSSR count). The fraction of sp³-hybridized carbons (Fsp3) is 0.286. The monoisotopic (exact) mass is 539 g/mol. The Morgan fingerprint density at radius 3 is 2.38 bits per heavy atom. The molecule has 2 amide bonds. The van der Waals surface area contributed by atoms with Crippen molar-refractivity contribution in [1.82, 2.24) is 14.9 Å². The van der Waals surface area contributed by atoms with Crippen LogP contribution in [0.25, 0.3) is 0 Å². The second-order valence-electron chi connectivity index (χ2n) is 9.11. The smallest absolute Gasteiger partial charge is 0.251 e. The van der Waals surface area contributed by atoms with Crippen LogP contribution in [0.3, 0.4) is 0 Å². The van der Waals surface area contributed by atoms with Gasteiger partial charge in [-0.2, -0.15) is 4.31 Å². The van der Waals surface area contributed by atoms with E-state index in [2.05, 4.69) is 10.6 Å². The Balaban J connectivity index is 1.56. The van der Waals surface area contributed by atoms with Gasteiger partial charge in [0.2, 0.25) is 15.9 Å². The first-order valence-corrected chi connectivity index (χ1v) is 14.1. The van der Waals surface area contributed by atoms with Crippen molar-refractivity contribution in [3.8, 4) is 0 Å². The Kier molecular flexibility index (Phi) is 8.63. The highest BCUT2D eigenvalue weighted by molar-refractivity contribution is 7.89. The summed E-state index contributed by atoms with van der Waals surface area (Å²) in [5.41, 5.74) is 2.13. The summed E-state index contributed by atoms with van der Waals surface area (Å²) in [5.74, 6) is -0.530. The maximum Gasteiger partial charge on any atom is 0.251 e. The molecule has 1 fully saturated rings. The quantitative estimate of drug-likeness (QED) is 0.434. The van der Waals surface area contributed by atoms with Crippen molar-refractivity contribution in [2.75, 3.05) is 6.54 Å². The molecule has 1 unspecified atom stereocenters. The van der Waals surface area contributed by atoms with Crippen LogP contribution in [0.5, 0.6) is 0 Å². The van der Waals surface area contributed by atoms with Gasteiger partial charge in [-0.1, -0.05) is 54.1 Å². The maximum absolute atomic E-state index is 13.7. The average molecular weight is 540 g/mol. The molecule has 194 valence electrons. The van der Waals surface area contributed by atoms with E-state index in [1.807, 2.05) is 37.3 Å². The molecule has 2 atom stereocenters. The topological polar surface area (TPSA) is 95.6 Å². The summed E-state index contributed by atoms with van der Waals surface area (Å²) in [6, 6.07) is 21.4. The number of nitrogens with one attached hydrogen (secondary N) is 2. The number of hydrogen-bond acceptors (Lipinski definition) is 4. The normalized spacial score (nSPS) is 17.1. The number of carbonyl (C=O) groups is 2. The molecule has 37 heavy (non-hydrogen) atoms. The van der Waals surface area contributed by atoms with Crippen molar-refractivity contribution >= 4 is 33.4 Å². The van der Waals surface area contributed by atoms with Crippen molar-refractivity contribution in [1.29, 1.82) is 0 Å². The van der Waals surface area contributed by atoms with E-state index >= 15 is 0 Å².